The van der Waals surface area contributed by atoms with Gasteiger partial charge in [0.2, 0.25) is 0 Å². The maximum absolute atomic E-state index is 9.39. The SMILES string of the molecule is Cc1cccc(CC(O)CCl)c1C. The molecule has 0 heterocycles. The summed E-state index contributed by atoms with van der Waals surface area (Å²) in [5.74, 6) is 0.299. The molecule has 1 unspecified atom stereocenters. The van der Waals surface area contributed by atoms with Gasteiger partial charge in [0.1, 0.15) is 0 Å². The maximum atomic E-state index is 9.39. The highest BCUT2D eigenvalue weighted by molar-refractivity contribution is 6.18. The summed E-state index contributed by atoms with van der Waals surface area (Å²) >= 11 is 5.54. The molecule has 0 aliphatic rings. The fourth-order valence-electron chi connectivity index (χ4n) is 1.34. The summed E-state index contributed by atoms with van der Waals surface area (Å²) in [5.41, 5.74) is 3.71. The standard InChI is InChI=1S/C11H15ClO/c1-8-4-3-5-10(9(8)2)6-11(13)7-12/h3-5,11,13H,6-7H2,1-2H3. The normalized spacial score (nSPS) is 12.9. The van der Waals surface area contributed by atoms with E-state index in [1.54, 1.807) is 0 Å². The molecule has 0 aliphatic carbocycles. The van der Waals surface area contributed by atoms with Gasteiger partial charge in [-0.3, -0.25) is 0 Å². The summed E-state index contributed by atoms with van der Waals surface area (Å²) < 4.78 is 0. The van der Waals surface area contributed by atoms with Crippen LogP contribution in [-0.4, -0.2) is 17.1 Å². The molecule has 0 amide bonds. The second kappa shape index (κ2) is 4.64. The minimum absolute atomic E-state index is 0.299. The Hall–Kier alpha value is -0.530. The van der Waals surface area contributed by atoms with E-state index in [2.05, 4.69) is 19.9 Å². The highest BCUT2D eigenvalue weighted by Gasteiger charge is 2.06. The van der Waals surface area contributed by atoms with E-state index in [0.717, 1.165) is 0 Å². The van der Waals surface area contributed by atoms with Crippen molar-refractivity contribution in [3.05, 3.63) is 34.9 Å². The Balaban J connectivity index is 2.83. The molecule has 0 fully saturated rings. The van der Waals surface area contributed by atoms with Crippen LogP contribution < -0.4 is 0 Å². The van der Waals surface area contributed by atoms with Crippen LogP contribution in [0.2, 0.25) is 0 Å². The number of aliphatic hydroxyl groups excluding tert-OH is 1. The highest BCUT2D eigenvalue weighted by atomic mass is 35.5. The van der Waals surface area contributed by atoms with Gasteiger partial charge in [-0.2, -0.15) is 0 Å². The highest BCUT2D eigenvalue weighted by Crippen LogP contribution is 2.14. The number of halogens is 1. The van der Waals surface area contributed by atoms with Crippen LogP contribution in [0.5, 0.6) is 0 Å². The molecule has 1 rings (SSSR count). The third-order valence-corrected chi connectivity index (χ3v) is 2.71. The molecule has 1 aromatic carbocycles. The summed E-state index contributed by atoms with van der Waals surface area (Å²) in [6.07, 6.45) is 0.221. The molecule has 0 aliphatic heterocycles. The zero-order chi connectivity index (χ0) is 9.84. The molecule has 2 heteroatoms. The third-order valence-electron chi connectivity index (χ3n) is 2.35. The van der Waals surface area contributed by atoms with Crippen LogP contribution >= 0.6 is 11.6 Å². The Morgan fingerprint density at radius 1 is 1.38 bits per heavy atom. The molecule has 0 bridgehead atoms. The van der Waals surface area contributed by atoms with Crippen LogP contribution in [0.4, 0.5) is 0 Å². The minimum atomic E-state index is -0.429. The monoisotopic (exact) mass is 198 g/mol. The molecule has 1 aromatic rings. The lowest BCUT2D eigenvalue weighted by Crippen LogP contribution is -2.12. The van der Waals surface area contributed by atoms with Gasteiger partial charge in [0.05, 0.1) is 6.10 Å². The number of hydrogen-bond donors (Lipinski definition) is 1. The molecular formula is C11H15ClO. The van der Waals surface area contributed by atoms with Gasteiger partial charge in [-0.15, -0.1) is 11.6 Å². The van der Waals surface area contributed by atoms with Crippen molar-refractivity contribution >= 4 is 11.6 Å². The Morgan fingerprint density at radius 2 is 2.08 bits per heavy atom. The van der Waals surface area contributed by atoms with Gasteiger partial charge in [-0.25, -0.2) is 0 Å². The Morgan fingerprint density at radius 3 is 2.69 bits per heavy atom. The van der Waals surface area contributed by atoms with Gasteiger partial charge in [0, 0.05) is 5.88 Å². The first-order valence-electron chi connectivity index (χ1n) is 4.44. The van der Waals surface area contributed by atoms with E-state index >= 15 is 0 Å². The van der Waals surface area contributed by atoms with Gasteiger partial charge in [0.25, 0.3) is 0 Å². The third kappa shape index (κ3) is 2.71. The van der Waals surface area contributed by atoms with Crippen molar-refractivity contribution in [1.82, 2.24) is 0 Å². The van der Waals surface area contributed by atoms with E-state index < -0.39 is 6.10 Å². The van der Waals surface area contributed by atoms with Crippen LogP contribution in [0.1, 0.15) is 16.7 Å². The second-order valence-corrected chi connectivity index (χ2v) is 3.68. The first-order chi connectivity index (χ1) is 6.15. The first kappa shape index (κ1) is 10.6. The molecule has 1 atom stereocenters. The maximum Gasteiger partial charge on any atom is 0.0715 e. The van der Waals surface area contributed by atoms with Gasteiger partial charge < -0.3 is 5.11 Å². The van der Waals surface area contributed by atoms with Gasteiger partial charge >= 0.3 is 0 Å². The molecule has 1 nitrogen and oxygen atoms in total. The average molecular weight is 199 g/mol. The van der Waals surface area contributed by atoms with Crippen LogP contribution in [0.25, 0.3) is 0 Å². The Kier molecular flexibility index (Phi) is 3.76. The smallest absolute Gasteiger partial charge is 0.0715 e. The van der Waals surface area contributed by atoms with E-state index in [1.165, 1.54) is 16.7 Å². The summed E-state index contributed by atoms with van der Waals surface area (Å²) in [4.78, 5) is 0. The van der Waals surface area contributed by atoms with Crippen molar-refractivity contribution in [2.45, 2.75) is 26.4 Å². The predicted molar refractivity (Wildman–Crippen MR) is 56.3 cm³/mol. The molecule has 72 valence electrons. The van der Waals surface area contributed by atoms with Gasteiger partial charge in [0.15, 0.2) is 0 Å². The van der Waals surface area contributed by atoms with Crippen molar-refractivity contribution in [2.24, 2.45) is 0 Å². The Bertz CT molecular complexity index is 283. The van der Waals surface area contributed by atoms with Crippen molar-refractivity contribution in [3.63, 3.8) is 0 Å². The van der Waals surface area contributed by atoms with Crippen LogP contribution in [0.3, 0.4) is 0 Å². The number of hydrogen-bond acceptors (Lipinski definition) is 1. The lowest BCUT2D eigenvalue weighted by molar-refractivity contribution is 0.198. The minimum Gasteiger partial charge on any atom is -0.392 e. The van der Waals surface area contributed by atoms with Crippen molar-refractivity contribution in [1.29, 1.82) is 0 Å². The fraction of sp³-hybridized carbons (Fsp3) is 0.455. The summed E-state index contributed by atoms with van der Waals surface area (Å²) in [5, 5.41) is 9.39. The fourth-order valence-corrected chi connectivity index (χ4v) is 1.45. The predicted octanol–water partition coefficient (Wildman–Crippen LogP) is 2.45. The van der Waals surface area contributed by atoms with Gasteiger partial charge in [-0.1, -0.05) is 18.2 Å². The van der Waals surface area contributed by atoms with E-state index in [0.29, 0.717) is 12.3 Å². The van der Waals surface area contributed by atoms with Crippen LogP contribution in [0.15, 0.2) is 18.2 Å². The molecule has 0 radical (unpaired) electrons. The first-order valence-corrected chi connectivity index (χ1v) is 4.97. The Labute approximate surface area is 84.4 Å². The zero-order valence-corrected chi connectivity index (χ0v) is 8.80. The lowest BCUT2D eigenvalue weighted by Gasteiger charge is -2.11. The van der Waals surface area contributed by atoms with E-state index in [-0.39, 0.29) is 0 Å². The summed E-state index contributed by atoms with van der Waals surface area (Å²) in [6, 6.07) is 6.13. The summed E-state index contributed by atoms with van der Waals surface area (Å²) in [6.45, 7) is 4.15. The molecule has 0 saturated heterocycles. The number of rotatable bonds is 3. The van der Waals surface area contributed by atoms with E-state index in [9.17, 15) is 5.11 Å². The van der Waals surface area contributed by atoms with Crippen LogP contribution in [0, 0.1) is 13.8 Å². The number of aliphatic hydroxyl groups is 1. The molecule has 0 spiro atoms. The quantitative estimate of drug-likeness (QED) is 0.740. The van der Waals surface area contributed by atoms with E-state index in [1.807, 2.05) is 12.1 Å². The second-order valence-electron chi connectivity index (χ2n) is 3.37. The zero-order valence-electron chi connectivity index (χ0n) is 8.05. The number of benzene rings is 1. The molecule has 0 aromatic heterocycles. The molecule has 0 saturated carbocycles. The average Bonchev–Trinajstić information content (AvgIpc) is 2.13. The number of alkyl halides is 1. The van der Waals surface area contributed by atoms with Gasteiger partial charge in [-0.05, 0) is 37.0 Å². The molecule has 13 heavy (non-hydrogen) atoms. The number of aryl methyl sites for hydroxylation is 1. The lowest BCUT2D eigenvalue weighted by atomic mass is 9.99. The topological polar surface area (TPSA) is 20.2 Å². The van der Waals surface area contributed by atoms with Crippen molar-refractivity contribution < 1.29 is 5.11 Å². The summed E-state index contributed by atoms with van der Waals surface area (Å²) in [7, 11) is 0. The van der Waals surface area contributed by atoms with Crippen LogP contribution in [-0.2, 0) is 6.42 Å². The van der Waals surface area contributed by atoms with Crippen molar-refractivity contribution in [2.75, 3.05) is 5.88 Å². The largest absolute Gasteiger partial charge is 0.392 e. The van der Waals surface area contributed by atoms with Crippen molar-refractivity contribution in [3.8, 4) is 0 Å². The molecular weight excluding hydrogens is 184 g/mol. The molecule has 1 N–H and O–H groups in total. The van der Waals surface area contributed by atoms with E-state index in [4.69, 9.17) is 11.6 Å².